The number of rotatable bonds is 1. The molecule has 1 aliphatic heterocycles. The number of carboxylic acid groups (broad SMARTS) is 1. The first-order valence-electron chi connectivity index (χ1n) is 2.95. The second-order valence-electron chi connectivity index (χ2n) is 2.12. The summed E-state index contributed by atoms with van der Waals surface area (Å²) in [5.74, 6) is -0.736. The van der Waals surface area contributed by atoms with E-state index in [4.69, 9.17) is 10.2 Å². The number of cyclic esters (lactones) is 1. The van der Waals surface area contributed by atoms with E-state index in [0.717, 1.165) is 0 Å². The highest BCUT2D eigenvalue weighted by atomic mass is 16.6. The quantitative estimate of drug-likeness (QED) is 0.408. The number of esters is 1. The maximum absolute atomic E-state index is 10.6. The molecule has 1 saturated heterocycles. The van der Waals surface area contributed by atoms with Gasteiger partial charge in [0.1, 0.15) is 12.7 Å². The maximum atomic E-state index is 10.6. The van der Waals surface area contributed by atoms with Crippen molar-refractivity contribution < 1.29 is 24.5 Å². The molecule has 6 heteroatoms. The lowest BCUT2D eigenvalue weighted by Crippen LogP contribution is -2.44. The zero-order valence-electron chi connectivity index (χ0n) is 5.48. The van der Waals surface area contributed by atoms with E-state index in [-0.39, 0.29) is 6.61 Å². The number of ether oxygens (including phenoxy) is 1. The third-order valence-corrected chi connectivity index (χ3v) is 1.31. The molecule has 0 saturated carbocycles. The van der Waals surface area contributed by atoms with Crippen LogP contribution in [0.25, 0.3) is 0 Å². The van der Waals surface area contributed by atoms with Crippen molar-refractivity contribution in [2.45, 2.75) is 12.1 Å². The molecule has 1 amide bonds. The normalized spacial score (nSPS) is 29.7. The molecule has 0 bridgehead atoms. The minimum atomic E-state index is -1.35. The zero-order chi connectivity index (χ0) is 8.43. The van der Waals surface area contributed by atoms with Gasteiger partial charge in [-0.3, -0.25) is 0 Å². The van der Waals surface area contributed by atoms with Crippen molar-refractivity contribution in [2.75, 3.05) is 6.61 Å². The van der Waals surface area contributed by atoms with Crippen molar-refractivity contribution in [3.8, 4) is 0 Å². The molecule has 0 radical (unpaired) electrons. The molecular weight excluding hydrogens is 154 g/mol. The predicted octanol–water partition coefficient (Wildman–Crippen LogP) is -1.46. The molecular formula is C5H7NO5. The van der Waals surface area contributed by atoms with Crippen molar-refractivity contribution in [3.63, 3.8) is 0 Å². The fourth-order valence-corrected chi connectivity index (χ4v) is 0.799. The van der Waals surface area contributed by atoms with Crippen LogP contribution in [0.5, 0.6) is 0 Å². The van der Waals surface area contributed by atoms with Crippen molar-refractivity contribution in [1.29, 1.82) is 0 Å². The van der Waals surface area contributed by atoms with Crippen LogP contribution >= 0.6 is 0 Å². The number of carbonyl (C=O) groups is 2. The SMILES string of the molecule is O=C(O)N[C@@H]1C(=O)OC[C@H]1O. The number of nitrogens with one attached hydrogen (secondary N) is 1. The zero-order valence-corrected chi connectivity index (χ0v) is 5.48. The summed E-state index contributed by atoms with van der Waals surface area (Å²) in [6.45, 7) is -0.149. The molecule has 11 heavy (non-hydrogen) atoms. The van der Waals surface area contributed by atoms with Gasteiger partial charge in [0.05, 0.1) is 0 Å². The summed E-state index contributed by atoms with van der Waals surface area (Å²) >= 11 is 0. The summed E-state index contributed by atoms with van der Waals surface area (Å²) in [4.78, 5) is 20.6. The Kier molecular flexibility index (Phi) is 1.95. The highest BCUT2D eigenvalue weighted by Gasteiger charge is 2.36. The minimum absolute atomic E-state index is 0.149. The van der Waals surface area contributed by atoms with Crippen LogP contribution in [0.1, 0.15) is 0 Å². The van der Waals surface area contributed by atoms with Crippen LogP contribution < -0.4 is 5.32 Å². The average molecular weight is 161 g/mol. The Morgan fingerprint density at radius 3 is 2.73 bits per heavy atom. The molecule has 62 valence electrons. The Bertz CT molecular complexity index is 191. The largest absolute Gasteiger partial charge is 0.465 e. The summed E-state index contributed by atoms with van der Waals surface area (Å²) < 4.78 is 4.36. The van der Waals surface area contributed by atoms with E-state index in [2.05, 4.69) is 4.74 Å². The van der Waals surface area contributed by atoms with Gasteiger partial charge in [-0.05, 0) is 0 Å². The molecule has 0 aromatic rings. The van der Waals surface area contributed by atoms with Crippen LogP contribution in [0.3, 0.4) is 0 Å². The van der Waals surface area contributed by atoms with E-state index in [9.17, 15) is 9.59 Å². The van der Waals surface area contributed by atoms with Crippen molar-refractivity contribution in [2.24, 2.45) is 0 Å². The molecule has 0 aromatic carbocycles. The molecule has 6 nitrogen and oxygen atoms in total. The molecule has 1 rings (SSSR count). The third-order valence-electron chi connectivity index (χ3n) is 1.31. The standard InChI is InChI=1S/C5H7NO5/c7-2-1-11-4(8)3(2)6-5(9)10/h2-3,6-7H,1H2,(H,9,10)/t2-,3+/m1/s1. The van der Waals surface area contributed by atoms with E-state index < -0.39 is 24.2 Å². The number of hydrogen-bond acceptors (Lipinski definition) is 4. The van der Waals surface area contributed by atoms with Gasteiger partial charge in [0.2, 0.25) is 0 Å². The highest BCUT2D eigenvalue weighted by molar-refractivity contribution is 5.82. The Morgan fingerprint density at radius 2 is 2.36 bits per heavy atom. The van der Waals surface area contributed by atoms with Crippen LogP contribution in [-0.4, -0.2) is 41.0 Å². The van der Waals surface area contributed by atoms with E-state index in [1.54, 1.807) is 0 Å². The first-order valence-corrected chi connectivity index (χ1v) is 2.95. The second-order valence-corrected chi connectivity index (χ2v) is 2.12. The van der Waals surface area contributed by atoms with Crippen LogP contribution in [0.2, 0.25) is 0 Å². The molecule has 1 aliphatic rings. The Balaban J connectivity index is 2.54. The van der Waals surface area contributed by atoms with Gasteiger partial charge in [-0.15, -0.1) is 0 Å². The Hall–Kier alpha value is -1.30. The summed E-state index contributed by atoms with van der Waals surface area (Å²) in [6, 6.07) is -1.13. The topological polar surface area (TPSA) is 95.9 Å². The van der Waals surface area contributed by atoms with E-state index >= 15 is 0 Å². The van der Waals surface area contributed by atoms with Gasteiger partial charge in [0, 0.05) is 0 Å². The van der Waals surface area contributed by atoms with Crippen molar-refractivity contribution >= 4 is 12.1 Å². The van der Waals surface area contributed by atoms with Crippen molar-refractivity contribution in [3.05, 3.63) is 0 Å². The van der Waals surface area contributed by atoms with Gasteiger partial charge < -0.3 is 20.3 Å². The Morgan fingerprint density at radius 1 is 1.73 bits per heavy atom. The fraction of sp³-hybridized carbons (Fsp3) is 0.600. The highest BCUT2D eigenvalue weighted by Crippen LogP contribution is 2.06. The summed E-state index contributed by atoms with van der Waals surface area (Å²) in [6.07, 6.45) is -2.42. The number of carbonyl (C=O) groups excluding carboxylic acids is 1. The monoisotopic (exact) mass is 161 g/mol. The lowest BCUT2D eigenvalue weighted by Gasteiger charge is -2.07. The molecule has 1 fully saturated rings. The third kappa shape index (κ3) is 1.58. The molecule has 3 N–H and O–H groups in total. The van der Waals surface area contributed by atoms with Crippen LogP contribution in [0.15, 0.2) is 0 Å². The lowest BCUT2D eigenvalue weighted by atomic mass is 10.2. The average Bonchev–Trinajstić information content (AvgIpc) is 2.18. The molecule has 0 aliphatic carbocycles. The lowest BCUT2D eigenvalue weighted by molar-refractivity contribution is -0.139. The predicted molar refractivity (Wildman–Crippen MR) is 31.9 cm³/mol. The van der Waals surface area contributed by atoms with Crippen LogP contribution in [0, 0.1) is 0 Å². The van der Waals surface area contributed by atoms with Crippen LogP contribution in [0.4, 0.5) is 4.79 Å². The summed E-state index contributed by atoms with van der Waals surface area (Å²) in [5, 5.41) is 18.9. The molecule has 0 aromatic heterocycles. The summed E-state index contributed by atoms with van der Waals surface area (Å²) in [5.41, 5.74) is 0. The first-order chi connectivity index (χ1) is 5.11. The van der Waals surface area contributed by atoms with Gasteiger partial charge in [-0.2, -0.15) is 0 Å². The molecule has 2 atom stereocenters. The number of amides is 1. The van der Waals surface area contributed by atoms with Gasteiger partial charge in [-0.25, -0.2) is 9.59 Å². The fourth-order valence-electron chi connectivity index (χ4n) is 0.799. The molecule has 0 unspecified atom stereocenters. The number of hydrogen-bond donors (Lipinski definition) is 3. The van der Waals surface area contributed by atoms with E-state index in [1.165, 1.54) is 0 Å². The van der Waals surface area contributed by atoms with E-state index in [0.29, 0.717) is 0 Å². The second kappa shape index (κ2) is 2.75. The smallest absolute Gasteiger partial charge is 0.405 e. The molecule has 1 heterocycles. The Labute approximate surface area is 61.8 Å². The van der Waals surface area contributed by atoms with Gasteiger partial charge >= 0.3 is 12.1 Å². The van der Waals surface area contributed by atoms with Gasteiger partial charge in [0.15, 0.2) is 6.04 Å². The number of aliphatic hydroxyl groups is 1. The molecule has 0 spiro atoms. The van der Waals surface area contributed by atoms with Crippen LogP contribution in [-0.2, 0) is 9.53 Å². The van der Waals surface area contributed by atoms with E-state index in [1.807, 2.05) is 5.32 Å². The minimum Gasteiger partial charge on any atom is -0.465 e. The first kappa shape index (κ1) is 7.80. The maximum Gasteiger partial charge on any atom is 0.405 e. The van der Waals surface area contributed by atoms with Gasteiger partial charge in [0.25, 0.3) is 0 Å². The van der Waals surface area contributed by atoms with Gasteiger partial charge in [-0.1, -0.05) is 0 Å². The van der Waals surface area contributed by atoms with Crippen molar-refractivity contribution in [1.82, 2.24) is 5.32 Å². The number of aliphatic hydroxyl groups excluding tert-OH is 1. The summed E-state index contributed by atoms with van der Waals surface area (Å²) in [7, 11) is 0.